The third kappa shape index (κ3) is 3.25. The standard InChI is InChI=1S/C16H29N3O2/c1-18-9-6-13(7-10-18)19(2)14-5-8-16(11-14,15(20)21)17-12-3-4-12/h12-14,17H,3-11H2,1-2H3,(H,20,21). The zero-order valence-corrected chi connectivity index (χ0v) is 13.3. The fraction of sp³-hybridized carbons (Fsp3) is 0.938. The van der Waals surface area contributed by atoms with Crippen LogP contribution in [-0.2, 0) is 4.79 Å². The molecule has 5 heteroatoms. The second-order valence-corrected chi connectivity index (χ2v) is 7.40. The number of piperidine rings is 1. The molecule has 1 aliphatic heterocycles. The van der Waals surface area contributed by atoms with Crippen LogP contribution in [0.25, 0.3) is 0 Å². The Bertz CT molecular complexity index is 391. The van der Waals surface area contributed by atoms with Gasteiger partial charge in [-0.2, -0.15) is 0 Å². The Hall–Kier alpha value is -0.650. The van der Waals surface area contributed by atoms with Gasteiger partial charge >= 0.3 is 5.97 Å². The van der Waals surface area contributed by atoms with E-state index in [1.165, 1.54) is 12.8 Å². The van der Waals surface area contributed by atoms with E-state index >= 15 is 0 Å². The van der Waals surface area contributed by atoms with E-state index in [0.29, 0.717) is 18.1 Å². The average Bonchev–Trinajstić information content (AvgIpc) is 3.15. The smallest absolute Gasteiger partial charge is 0.323 e. The van der Waals surface area contributed by atoms with Gasteiger partial charge in [0.25, 0.3) is 0 Å². The number of nitrogens with one attached hydrogen (secondary N) is 1. The molecule has 0 aromatic rings. The van der Waals surface area contributed by atoms with Crippen LogP contribution in [0.4, 0.5) is 0 Å². The van der Waals surface area contributed by atoms with Crippen LogP contribution in [0.5, 0.6) is 0 Å². The number of hydrogen-bond acceptors (Lipinski definition) is 4. The summed E-state index contributed by atoms with van der Waals surface area (Å²) in [5.74, 6) is -0.645. The monoisotopic (exact) mass is 295 g/mol. The van der Waals surface area contributed by atoms with Crippen molar-refractivity contribution >= 4 is 5.97 Å². The molecule has 2 atom stereocenters. The van der Waals surface area contributed by atoms with E-state index in [1.807, 2.05) is 0 Å². The van der Waals surface area contributed by atoms with Crippen LogP contribution in [-0.4, -0.2) is 71.7 Å². The van der Waals surface area contributed by atoms with Crippen molar-refractivity contribution in [1.29, 1.82) is 0 Å². The van der Waals surface area contributed by atoms with Gasteiger partial charge in [0, 0.05) is 18.1 Å². The molecule has 1 saturated heterocycles. The maximum atomic E-state index is 11.8. The summed E-state index contributed by atoms with van der Waals surface area (Å²) in [5.41, 5.74) is -0.661. The summed E-state index contributed by atoms with van der Waals surface area (Å²) >= 11 is 0. The van der Waals surface area contributed by atoms with Gasteiger partial charge in [0.05, 0.1) is 0 Å². The largest absolute Gasteiger partial charge is 0.480 e. The molecule has 2 saturated carbocycles. The molecule has 21 heavy (non-hydrogen) atoms. The molecule has 3 fully saturated rings. The highest BCUT2D eigenvalue weighted by molar-refractivity contribution is 5.79. The highest BCUT2D eigenvalue weighted by Crippen LogP contribution is 2.37. The molecule has 5 nitrogen and oxygen atoms in total. The molecular weight excluding hydrogens is 266 g/mol. The van der Waals surface area contributed by atoms with Crippen molar-refractivity contribution in [1.82, 2.24) is 15.1 Å². The van der Waals surface area contributed by atoms with Crippen LogP contribution < -0.4 is 5.32 Å². The lowest BCUT2D eigenvalue weighted by Crippen LogP contribution is -2.53. The third-order valence-corrected chi connectivity index (χ3v) is 5.80. The second kappa shape index (κ2) is 5.86. The molecule has 1 heterocycles. The number of nitrogens with zero attached hydrogens (tertiary/aromatic N) is 2. The van der Waals surface area contributed by atoms with Crippen molar-refractivity contribution in [3.63, 3.8) is 0 Å². The summed E-state index contributed by atoms with van der Waals surface area (Å²) in [5, 5.41) is 13.1. The Morgan fingerprint density at radius 1 is 1.19 bits per heavy atom. The minimum Gasteiger partial charge on any atom is -0.480 e. The van der Waals surface area contributed by atoms with E-state index in [0.717, 1.165) is 45.2 Å². The summed E-state index contributed by atoms with van der Waals surface area (Å²) in [7, 11) is 4.39. The molecule has 2 aliphatic carbocycles. The lowest BCUT2D eigenvalue weighted by Gasteiger charge is -2.38. The average molecular weight is 295 g/mol. The van der Waals surface area contributed by atoms with Gasteiger partial charge < -0.3 is 14.9 Å². The molecule has 0 bridgehead atoms. The van der Waals surface area contributed by atoms with Gasteiger partial charge in [0.15, 0.2) is 0 Å². The Morgan fingerprint density at radius 2 is 1.86 bits per heavy atom. The number of rotatable bonds is 5. The normalized spacial score (nSPS) is 35.5. The first kappa shape index (κ1) is 15.3. The lowest BCUT2D eigenvalue weighted by atomic mass is 9.96. The quantitative estimate of drug-likeness (QED) is 0.796. The maximum absolute atomic E-state index is 11.8. The number of aliphatic carboxylic acids is 1. The van der Waals surface area contributed by atoms with Crippen LogP contribution in [0.15, 0.2) is 0 Å². The zero-order chi connectivity index (χ0) is 15.0. The van der Waals surface area contributed by atoms with E-state index in [4.69, 9.17) is 0 Å². The third-order valence-electron chi connectivity index (χ3n) is 5.80. The number of carboxylic acid groups (broad SMARTS) is 1. The topological polar surface area (TPSA) is 55.8 Å². The molecule has 0 spiro atoms. The molecule has 3 aliphatic rings. The number of carbonyl (C=O) groups is 1. The predicted molar refractivity (Wildman–Crippen MR) is 82.4 cm³/mol. The van der Waals surface area contributed by atoms with Crippen LogP contribution in [0.2, 0.25) is 0 Å². The summed E-state index contributed by atoms with van der Waals surface area (Å²) in [6.07, 6.45) is 7.26. The lowest BCUT2D eigenvalue weighted by molar-refractivity contribution is -0.145. The fourth-order valence-electron chi connectivity index (χ4n) is 4.07. The van der Waals surface area contributed by atoms with Crippen LogP contribution in [0, 0.1) is 0 Å². The molecular formula is C16H29N3O2. The maximum Gasteiger partial charge on any atom is 0.323 e. The van der Waals surface area contributed by atoms with E-state index in [-0.39, 0.29) is 0 Å². The van der Waals surface area contributed by atoms with Gasteiger partial charge in [-0.1, -0.05) is 0 Å². The van der Waals surface area contributed by atoms with Gasteiger partial charge in [-0.25, -0.2) is 0 Å². The molecule has 0 radical (unpaired) electrons. The van der Waals surface area contributed by atoms with Crippen molar-refractivity contribution in [3.8, 4) is 0 Å². The molecule has 0 aromatic carbocycles. The zero-order valence-electron chi connectivity index (χ0n) is 13.3. The summed E-state index contributed by atoms with van der Waals surface area (Å²) in [6, 6.07) is 1.49. The SMILES string of the molecule is CN1CCC(N(C)C2CCC(NC3CC3)(C(=O)O)C2)CC1. The first-order chi connectivity index (χ1) is 10.00. The molecule has 3 rings (SSSR count). The first-order valence-corrected chi connectivity index (χ1v) is 8.42. The van der Waals surface area contributed by atoms with Gasteiger partial charge in [-0.3, -0.25) is 10.1 Å². The van der Waals surface area contributed by atoms with Gasteiger partial charge in [0.2, 0.25) is 0 Å². The molecule has 2 N–H and O–H groups in total. The minimum absolute atomic E-state index is 0.417. The Balaban J connectivity index is 1.60. The molecule has 120 valence electrons. The van der Waals surface area contributed by atoms with Gasteiger partial charge in [-0.15, -0.1) is 0 Å². The van der Waals surface area contributed by atoms with Crippen LogP contribution in [0.1, 0.15) is 44.9 Å². The predicted octanol–water partition coefficient (Wildman–Crippen LogP) is 1.14. The Kier molecular flexibility index (Phi) is 4.26. The van der Waals surface area contributed by atoms with E-state index < -0.39 is 11.5 Å². The molecule has 0 aromatic heterocycles. The minimum atomic E-state index is -0.661. The second-order valence-electron chi connectivity index (χ2n) is 7.40. The van der Waals surface area contributed by atoms with Crippen molar-refractivity contribution in [2.75, 3.05) is 27.2 Å². The number of hydrogen-bond donors (Lipinski definition) is 2. The number of likely N-dealkylation sites (tertiary alicyclic amines) is 1. The summed E-state index contributed by atoms with van der Waals surface area (Å²) in [4.78, 5) is 16.6. The molecule has 0 amide bonds. The van der Waals surface area contributed by atoms with Gasteiger partial charge in [0.1, 0.15) is 5.54 Å². The molecule has 2 unspecified atom stereocenters. The van der Waals surface area contributed by atoms with Crippen LogP contribution in [0.3, 0.4) is 0 Å². The number of carboxylic acids is 1. The van der Waals surface area contributed by atoms with Crippen molar-refractivity contribution in [2.45, 2.75) is 68.6 Å². The van der Waals surface area contributed by atoms with Gasteiger partial charge in [-0.05, 0) is 72.1 Å². The first-order valence-electron chi connectivity index (χ1n) is 8.42. The summed E-state index contributed by atoms with van der Waals surface area (Å²) < 4.78 is 0. The highest BCUT2D eigenvalue weighted by atomic mass is 16.4. The fourth-order valence-corrected chi connectivity index (χ4v) is 4.07. The van der Waals surface area contributed by atoms with Crippen LogP contribution >= 0.6 is 0 Å². The van der Waals surface area contributed by atoms with Crippen molar-refractivity contribution < 1.29 is 9.90 Å². The summed E-state index contributed by atoms with van der Waals surface area (Å²) in [6.45, 7) is 2.32. The van der Waals surface area contributed by atoms with E-state index in [2.05, 4.69) is 29.2 Å². The van der Waals surface area contributed by atoms with Crippen molar-refractivity contribution in [2.24, 2.45) is 0 Å². The van der Waals surface area contributed by atoms with E-state index in [1.54, 1.807) is 0 Å². The van der Waals surface area contributed by atoms with E-state index in [9.17, 15) is 9.90 Å². The van der Waals surface area contributed by atoms with Crippen molar-refractivity contribution in [3.05, 3.63) is 0 Å². The highest BCUT2D eigenvalue weighted by Gasteiger charge is 2.49. The Morgan fingerprint density at radius 3 is 2.43 bits per heavy atom. The Labute approximate surface area is 127 Å².